The Labute approximate surface area is 117 Å². The SMILES string of the molecule is CCC(C)NC(=O)CSCCC(NC(C)=O)C(=O)O. The third-order valence-corrected chi connectivity index (χ3v) is 3.47. The summed E-state index contributed by atoms with van der Waals surface area (Å²) in [5, 5.41) is 14.1. The van der Waals surface area contributed by atoms with Crippen molar-refractivity contribution in [2.75, 3.05) is 11.5 Å². The molecule has 2 atom stereocenters. The molecule has 7 heteroatoms. The largest absolute Gasteiger partial charge is 0.480 e. The Morgan fingerprint density at radius 1 is 1.26 bits per heavy atom. The zero-order valence-electron chi connectivity index (χ0n) is 11.6. The highest BCUT2D eigenvalue weighted by atomic mass is 32.2. The number of carbonyl (C=O) groups excluding carboxylic acids is 2. The number of rotatable bonds is 9. The van der Waals surface area contributed by atoms with Gasteiger partial charge in [0.15, 0.2) is 0 Å². The molecule has 0 aromatic rings. The van der Waals surface area contributed by atoms with Crippen LogP contribution in [0.3, 0.4) is 0 Å². The Balaban J connectivity index is 3.85. The fraction of sp³-hybridized carbons (Fsp3) is 0.750. The lowest BCUT2D eigenvalue weighted by Gasteiger charge is -2.13. The molecule has 0 spiro atoms. The van der Waals surface area contributed by atoms with Crippen molar-refractivity contribution >= 4 is 29.5 Å². The van der Waals surface area contributed by atoms with Crippen LogP contribution in [0.5, 0.6) is 0 Å². The summed E-state index contributed by atoms with van der Waals surface area (Å²) in [4.78, 5) is 33.1. The molecule has 19 heavy (non-hydrogen) atoms. The van der Waals surface area contributed by atoms with E-state index in [1.807, 2.05) is 13.8 Å². The van der Waals surface area contributed by atoms with Crippen molar-refractivity contribution in [1.29, 1.82) is 0 Å². The number of carboxylic acid groups (broad SMARTS) is 1. The van der Waals surface area contributed by atoms with Gasteiger partial charge in [0.1, 0.15) is 6.04 Å². The molecular weight excluding hydrogens is 268 g/mol. The fourth-order valence-electron chi connectivity index (χ4n) is 1.29. The maximum Gasteiger partial charge on any atom is 0.326 e. The molecule has 0 saturated carbocycles. The lowest BCUT2D eigenvalue weighted by atomic mass is 10.2. The van der Waals surface area contributed by atoms with Gasteiger partial charge in [0.2, 0.25) is 11.8 Å². The van der Waals surface area contributed by atoms with Crippen LogP contribution in [0.25, 0.3) is 0 Å². The van der Waals surface area contributed by atoms with Gasteiger partial charge in [-0.3, -0.25) is 9.59 Å². The van der Waals surface area contributed by atoms with E-state index in [1.165, 1.54) is 18.7 Å². The highest BCUT2D eigenvalue weighted by molar-refractivity contribution is 7.99. The number of hydrogen-bond donors (Lipinski definition) is 3. The molecule has 6 nitrogen and oxygen atoms in total. The van der Waals surface area contributed by atoms with Gasteiger partial charge in [0.25, 0.3) is 0 Å². The average molecular weight is 290 g/mol. The minimum atomic E-state index is -1.06. The van der Waals surface area contributed by atoms with E-state index in [2.05, 4.69) is 10.6 Å². The summed E-state index contributed by atoms with van der Waals surface area (Å²) < 4.78 is 0. The van der Waals surface area contributed by atoms with Gasteiger partial charge in [0.05, 0.1) is 5.75 Å². The summed E-state index contributed by atoms with van der Waals surface area (Å²) in [7, 11) is 0. The van der Waals surface area contributed by atoms with Crippen LogP contribution in [-0.4, -0.2) is 46.5 Å². The number of carboxylic acids is 1. The number of hydrogen-bond acceptors (Lipinski definition) is 4. The van der Waals surface area contributed by atoms with Crippen LogP contribution < -0.4 is 10.6 Å². The van der Waals surface area contributed by atoms with Gasteiger partial charge in [-0.05, 0) is 25.5 Å². The molecule has 2 amide bonds. The topological polar surface area (TPSA) is 95.5 Å². The molecular formula is C12H22N2O4S. The molecule has 0 fully saturated rings. The first-order chi connectivity index (χ1) is 8.86. The van der Waals surface area contributed by atoms with Crippen LogP contribution in [0.1, 0.15) is 33.6 Å². The lowest BCUT2D eigenvalue weighted by molar-refractivity contribution is -0.141. The second-order valence-electron chi connectivity index (χ2n) is 4.31. The predicted octanol–water partition coefficient (Wildman–Crippen LogP) is 0.614. The summed E-state index contributed by atoms with van der Waals surface area (Å²) in [5.41, 5.74) is 0. The lowest BCUT2D eigenvalue weighted by Crippen LogP contribution is -2.40. The van der Waals surface area contributed by atoms with Crippen molar-refractivity contribution in [3.05, 3.63) is 0 Å². The minimum Gasteiger partial charge on any atom is -0.480 e. The Kier molecular flexibility index (Phi) is 9.03. The maximum atomic E-state index is 11.5. The number of carbonyl (C=O) groups is 3. The van der Waals surface area contributed by atoms with Crippen LogP contribution in [-0.2, 0) is 14.4 Å². The Morgan fingerprint density at radius 2 is 1.89 bits per heavy atom. The van der Waals surface area contributed by atoms with Gasteiger partial charge >= 0.3 is 5.97 Å². The predicted molar refractivity (Wildman–Crippen MR) is 75.1 cm³/mol. The number of nitrogens with one attached hydrogen (secondary N) is 2. The zero-order valence-corrected chi connectivity index (χ0v) is 12.4. The molecule has 0 rings (SSSR count). The van der Waals surface area contributed by atoms with E-state index in [1.54, 1.807) is 0 Å². The smallest absolute Gasteiger partial charge is 0.326 e. The number of aliphatic carboxylic acids is 1. The molecule has 0 aromatic carbocycles. The second-order valence-corrected chi connectivity index (χ2v) is 5.41. The number of thioether (sulfide) groups is 1. The summed E-state index contributed by atoms with van der Waals surface area (Å²) >= 11 is 1.36. The Hall–Kier alpha value is -1.24. The van der Waals surface area contributed by atoms with Crippen LogP contribution >= 0.6 is 11.8 Å². The fourth-order valence-corrected chi connectivity index (χ4v) is 2.10. The van der Waals surface area contributed by atoms with Crippen molar-refractivity contribution in [1.82, 2.24) is 10.6 Å². The molecule has 0 aliphatic rings. The van der Waals surface area contributed by atoms with Crippen LogP contribution in [0.15, 0.2) is 0 Å². The highest BCUT2D eigenvalue weighted by Crippen LogP contribution is 2.05. The normalized spacial score (nSPS) is 13.4. The highest BCUT2D eigenvalue weighted by Gasteiger charge is 2.17. The third kappa shape index (κ3) is 9.35. The summed E-state index contributed by atoms with van der Waals surface area (Å²) in [6.45, 7) is 5.20. The van der Waals surface area contributed by atoms with Crippen molar-refractivity contribution in [3.63, 3.8) is 0 Å². The van der Waals surface area contributed by atoms with E-state index in [4.69, 9.17) is 5.11 Å². The standard InChI is InChI=1S/C12H22N2O4S/c1-4-8(2)13-11(16)7-19-6-5-10(12(17)18)14-9(3)15/h8,10H,4-7H2,1-3H3,(H,13,16)(H,14,15)(H,17,18). The molecule has 2 unspecified atom stereocenters. The van der Waals surface area contributed by atoms with Crippen molar-refractivity contribution in [2.45, 2.75) is 45.7 Å². The summed E-state index contributed by atoms with van der Waals surface area (Å²) in [5.74, 6) is -0.667. The van der Waals surface area contributed by atoms with Gasteiger partial charge in [-0.25, -0.2) is 4.79 Å². The van der Waals surface area contributed by atoms with Crippen LogP contribution in [0.4, 0.5) is 0 Å². The van der Waals surface area contributed by atoms with Crippen LogP contribution in [0.2, 0.25) is 0 Å². The van der Waals surface area contributed by atoms with Gasteiger partial charge in [-0.15, -0.1) is 0 Å². The molecule has 0 aliphatic heterocycles. The van der Waals surface area contributed by atoms with Gasteiger partial charge < -0.3 is 15.7 Å². The van der Waals surface area contributed by atoms with Gasteiger partial charge in [-0.2, -0.15) is 11.8 Å². The molecule has 0 heterocycles. The van der Waals surface area contributed by atoms with Gasteiger partial charge in [-0.1, -0.05) is 6.92 Å². The summed E-state index contributed by atoms with van der Waals surface area (Å²) in [6.07, 6.45) is 1.18. The Morgan fingerprint density at radius 3 is 2.37 bits per heavy atom. The third-order valence-electron chi connectivity index (χ3n) is 2.48. The van der Waals surface area contributed by atoms with E-state index >= 15 is 0 Å². The first kappa shape index (κ1) is 17.8. The molecule has 110 valence electrons. The average Bonchev–Trinajstić information content (AvgIpc) is 2.32. The zero-order chi connectivity index (χ0) is 14.8. The molecule has 0 bridgehead atoms. The summed E-state index contributed by atoms with van der Waals surface area (Å²) in [6, 6.07) is -0.734. The van der Waals surface area contributed by atoms with E-state index in [9.17, 15) is 14.4 Å². The van der Waals surface area contributed by atoms with Crippen LogP contribution in [0, 0.1) is 0 Å². The molecule has 0 aromatic heterocycles. The monoisotopic (exact) mass is 290 g/mol. The first-order valence-corrected chi connectivity index (χ1v) is 7.39. The number of amides is 2. The van der Waals surface area contributed by atoms with Crippen molar-refractivity contribution < 1.29 is 19.5 Å². The Bertz CT molecular complexity index is 323. The van der Waals surface area contributed by atoms with Crippen molar-refractivity contribution in [3.8, 4) is 0 Å². The maximum absolute atomic E-state index is 11.5. The molecule has 0 aliphatic carbocycles. The van der Waals surface area contributed by atoms with E-state index in [0.717, 1.165) is 6.42 Å². The molecule has 0 saturated heterocycles. The molecule has 0 radical (unpaired) electrons. The van der Waals surface area contributed by atoms with Crippen molar-refractivity contribution in [2.24, 2.45) is 0 Å². The quantitative estimate of drug-likeness (QED) is 0.541. The second kappa shape index (κ2) is 9.66. The van der Waals surface area contributed by atoms with E-state index < -0.39 is 12.0 Å². The molecule has 3 N–H and O–H groups in total. The van der Waals surface area contributed by atoms with E-state index in [0.29, 0.717) is 17.9 Å². The minimum absolute atomic E-state index is 0.0502. The van der Waals surface area contributed by atoms with E-state index in [-0.39, 0.29) is 17.9 Å². The first-order valence-electron chi connectivity index (χ1n) is 6.23. The van der Waals surface area contributed by atoms with Gasteiger partial charge in [0, 0.05) is 13.0 Å².